The van der Waals surface area contributed by atoms with Crippen molar-refractivity contribution in [1.29, 1.82) is 0 Å². The lowest BCUT2D eigenvalue weighted by Crippen LogP contribution is -2.23. The van der Waals surface area contributed by atoms with E-state index in [1.54, 1.807) is 0 Å². The third-order valence-electron chi connectivity index (χ3n) is 4.71. The predicted molar refractivity (Wildman–Crippen MR) is 124 cm³/mol. The molecule has 1 heterocycles. The third kappa shape index (κ3) is 4.15. The first-order valence-corrected chi connectivity index (χ1v) is 9.48. The summed E-state index contributed by atoms with van der Waals surface area (Å²) in [6, 6.07) is 15.0. The van der Waals surface area contributed by atoms with E-state index in [1.165, 1.54) is 0 Å². The fourth-order valence-electron chi connectivity index (χ4n) is 3.39. The van der Waals surface area contributed by atoms with Crippen LogP contribution in [0.2, 0.25) is 0 Å². The SMILES string of the molecule is C=CCN(CC=C)c1ccc2cc3ccc(N(CC=C)CC=C)cc3nc2c1. The number of benzene rings is 2. The largest absolute Gasteiger partial charge is 0.364 e. The lowest BCUT2D eigenvalue weighted by atomic mass is 10.1. The molecule has 0 N–H and O–H groups in total. The summed E-state index contributed by atoms with van der Waals surface area (Å²) in [7, 11) is 0. The van der Waals surface area contributed by atoms with Gasteiger partial charge in [-0.2, -0.15) is 0 Å². The second-order valence-electron chi connectivity index (χ2n) is 6.71. The monoisotopic (exact) mass is 369 g/mol. The first kappa shape index (κ1) is 19.4. The maximum absolute atomic E-state index is 4.95. The molecule has 0 saturated heterocycles. The molecule has 3 nitrogen and oxygen atoms in total. The van der Waals surface area contributed by atoms with E-state index in [2.05, 4.69) is 78.6 Å². The van der Waals surface area contributed by atoms with Crippen LogP contribution in [0.25, 0.3) is 21.8 Å². The molecule has 0 unspecified atom stereocenters. The zero-order valence-electron chi connectivity index (χ0n) is 16.3. The highest BCUT2D eigenvalue weighted by molar-refractivity contribution is 5.95. The molecule has 0 aliphatic rings. The standard InChI is InChI=1S/C25H27N3/c1-5-13-27(14-6-2)22-11-9-20-17-21-10-12-23(28(15-7-3)16-8-4)19-25(21)26-24(20)18-22/h5-12,17-19H,1-4,13-16H2. The number of hydrogen-bond donors (Lipinski definition) is 0. The number of nitrogens with zero attached hydrogens (tertiary/aromatic N) is 3. The van der Waals surface area contributed by atoms with Crippen LogP contribution >= 0.6 is 0 Å². The van der Waals surface area contributed by atoms with Gasteiger partial charge in [-0.1, -0.05) is 36.4 Å². The Kier molecular flexibility index (Phi) is 6.28. The second-order valence-corrected chi connectivity index (χ2v) is 6.71. The summed E-state index contributed by atoms with van der Waals surface area (Å²) in [6.07, 6.45) is 7.62. The van der Waals surface area contributed by atoms with Gasteiger partial charge < -0.3 is 9.80 Å². The molecule has 2 aromatic carbocycles. The molecule has 3 rings (SSSR count). The van der Waals surface area contributed by atoms with Gasteiger partial charge in [-0.3, -0.25) is 0 Å². The maximum Gasteiger partial charge on any atom is 0.0730 e. The summed E-state index contributed by atoms with van der Waals surface area (Å²) < 4.78 is 0. The van der Waals surface area contributed by atoms with E-state index in [-0.39, 0.29) is 0 Å². The lowest BCUT2D eigenvalue weighted by molar-refractivity contribution is 0.957. The Morgan fingerprint density at radius 3 is 1.36 bits per heavy atom. The van der Waals surface area contributed by atoms with Gasteiger partial charge in [-0.25, -0.2) is 4.98 Å². The maximum atomic E-state index is 4.95. The topological polar surface area (TPSA) is 19.4 Å². The van der Waals surface area contributed by atoms with Crippen molar-refractivity contribution in [2.75, 3.05) is 36.0 Å². The molecule has 0 atom stereocenters. The van der Waals surface area contributed by atoms with E-state index in [9.17, 15) is 0 Å². The van der Waals surface area contributed by atoms with Gasteiger partial charge >= 0.3 is 0 Å². The van der Waals surface area contributed by atoms with E-state index in [0.29, 0.717) is 0 Å². The summed E-state index contributed by atoms with van der Waals surface area (Å²) >= 11 is 0. The number of pyridine rings is 1. The Labute approximate surface area is 167 Å². The van der Waals surface area contributed by atoms with Gasteiger partial charge in [0.05, 0.1) is 11.0 Å². The van der Waals surface area contributed by atoms with Crippen molar-refractivity contribution in [2.45, 2.75) is 0 Å². The molecular formula is C25H27N3. The Balaban J connectivity index is 2.06. The van der Waals surface area contributed by atoms with Crippen LogP contribution in [0.1, 0.15) is 0 Å². The summed E-state index contributed by atoms with van der Waals surface area (Å²) in [5.74, 6) is 0. The fourth-order valence-corrected chi connectivity index (χ4v) is 3.39. The molecule has 0 amide bonds. The van der Waals surface area contributed by atoms with Crippen LogP contribution in [-0.4, -0.2) is 31.2 Å². The molecule has 0 spiro atoms. The smallest absolute Gasteiger partial charge is 0.0730 e. The average molecular weight is 370 g/mol. The first-order valence-electron chi connectivity index (χ1n) is 9.48. The van der Waals surface area contributed by atoms with Gasteiger partial charge in [0.25, 0.3) is 0 Å². The van der Waals surface area contributed by atoms with E-state index in [0.717, 1.165) is 59.4 Å². The van der Waals surface area contributed by atoms with E-state index < -0.39 is 0 Å². The minimum absolute atomic E-state index is 0.771. The van der Waals surface area contributed by atoms with Crippen molar-refractivity contribution < 1.29 is 0 Å². The van der Waals surface area contributed by atoms with Crippen LogP contribution in [0, 0.1) is 0 Å². The van der Waals surface area contributed by atoms with E-state index in [1.807, 2.05) is 24.3 Å². The second kappa shape index (κ2) is 9.05. The molecule has 3 aromatic rings. The summed E-state index contributed by atoms with van der Waals surface area (Å²) in [5, 5.41) is 2.27. The van der Waals surface area contributed by atoms with E-state index in [4.69, 9.17) is 4.98 Å². The number of anilines is 2. The van der Waals surface area contributed by atoms with Gasteiger partial charge in [0.15, 0.2) is 0 Å². The Hall–Kier alpha value is -3.33. The average Bonchev–Trinajstić information content (AvgIpc) is 2.71. The van der Waals surface area contributed by atoms with Crippen LogP contribution < -0.4 is 9.80 Å². The highest BCUT2D eigenvalue weighted by Gasteiger charge is 2.08. The van der Waals surface area contributed by atoms with Crippen molar-refractivity contribution in [3.8, 4) is 0 Å². The van der Waals surface area contributed by atoms with Gasteiger partial charge in [-0.05, 0) is 30.3 Å². The Morgan fingerprint density at radius 2 is 1.00 bits per heavy atom. The molecule has 0 saturated carbocycles. The van der Waals surface area contributed by atoms with Crippen molar-refractivity contribution in [3.63, 3.8) is 0 Å². The van der Waals surface area contributed by atoms with Crippen molar-refractivity contribution in [1.82, 2.24) is 4.98 Å². The number of rotatable bonds is 10. The van der Waals surface area contributed by atoms with Gasteiger partial charge in [0, 0.05) is 48.3 Å². The van der Waals surface area contributed by atoms with Crippen LogP contribution in [0.3, 0.4) is 0 Å². The minimum Gasteiger partial charge on any atom is -0.364 e. The molecule has 1 aromatic heterocycles. The number of aromatic nitrogens is 1. The molecule has 3 heteroatoms. The molecule has 0 bridgehead atoms. The molecule has 0 aliphatic carbocycles. The highest BCUT2D eigenvalue weighted by Crippen LogP contribution is 2.27. The molecule has 142 valence electrons. The first-order chi connectivity index (χ1) is 13.7. The fraction of sp³-hybridized carbons (Fsp3) is 0.160. The van der Waals surface area contributed by atoms with E-state index >= 15 is 0 Å². The molecule has 28 heavy (non-hydrogen) atoms. The zero-order chi connectivity index (χ0) is 19.9. The third-order valence-corrected chi connectivity index (χ3v) is 4.71. The van der Waals surface area contributed by atoms with Crippen molar-refractivity contribution >= 4 is 33.2 Å². The number of fused-ring (bicyclic) bond motifs is 2. The normalized spacial score (nSPS) is 10.6. The van der Waals surface area contributed by atoms with Crippen molar-refractivity contribution in [3.05, 3.63) is 93.1 Å². The summed E-state index contributed by atoms with van der Waals surface area (Å²) in [6.45, 7) is 18.5. The zero-order valence-corrected chi connectivity index (χ0v) is 16.3. The van der Waals surface area contributed by atoms with Crippen LogP contribution in [0.5, 0.6) is 0 Å². The van der Waals surface area contributed by atoms with Crippen LogP contribution in [0.4, 0.5) is 11.4 Å². The summed E-state index contributed by atoms with van der Waals surface area (Å²) in [5.41, 5.74) is 4.21. The minimum atomic E-state index is 0.771. The lowest BCUT2D eigenvalue weighted by Gasteiger charge is -2.22. The predicted octanol–water partition coefficient (Wildman–Crippen LogP) is 5.74. The molecule has 0 aliphatic heterocycles. The molecule has 0 fully saturated rings. The van der Waals surface area contributed by atoms with Crippen LogP contribution in [0.15, 0.2) is 93.1 Å². The Bertz CT molecular complexity index is 920. The molecular weight excluding hydrogens is 342 g/mol. The van der Waals surface area contributed by atoms with Gasteiger partial charge in [0.2, 0.25) is 0 Å². The van der Waals surface area contributed by atoms with Gasteiger partial charge in [0.1, 0.15) is 0 Å². The quantitative estimate of drug-likeness (QED) is 0.335. The van der Waals surface area contributed by atoms with Gasteiger partial charge in [-0.15, -0.1) is 26.3 Å². The summed E-state index contributed by atoms with van der Waals surface area (Å²) in [4.78, 5) is 9.39. The number of hydrogen-bond acceptors (Lipinski definition) is 3. The Morgan fingerprint density at radius 1 is 0.607 bits per heavy atom. The van der Waals surface area contributed by atoms with Crippen LogP contribution in [-0.2, 0) is 0 Å². The molecule has 0 radical (unpaired) electrons. The highest BCUT2D eigenvalue weighted by atomic mass is 15.1. The van der Waals surface area contributed by atoms with Crippen molar-refractivity contribution in [2.24, 2.45) is 0 Å².